The summed E-state index contributed by atoms with van der Waals surface area (Å²) in [6.07, 6.45) is 24.1. The molecule has 0 aliphatic carbocycles. The molecule has 0 nitrogen and oxygen atoms in total. The molecule has 0 amide bonds. The van der Waals surface area contributed by atoms with E-state index in [0.717, 1.165) is 0 Å². The Morgan fingerprint density at radius 2 is 0.641 bits per heavy atom. The minimum Gasteiger partial charge on any atom is -0.153 e. The third-order valence-electron chi connectivity index (χ3n) is 8.21. The summed E-state index contributed by atoms with van der Waals surface area (Å²) in [6.45, 7) is 2.30. The molecule has 0 N–H and O–H groups in total. The molecule has 0 saturated carbocycles. The molecule has 0 spiro atoms. The fourth-order valence-corrected chi connectivity index (χ4v) is 11.0. The summed E-state index contributed by atoms with van der Waals surface area (Å²) < 4.78 is 0. The fraction of sp³-hybridized carbons (Fsp3) is 0.500. The molecule has 0 bridgehead atoms. The van der Waals surface area contributed by atoms with E-state index in [1.54, 1.807) is 15.9 Å². The average molecular weight is 632 g/mol. The Kier molecular flexibility index (Phi) is 20.9. The van der Waals surface area contributed by atoms with Crippen molar-refractivity contribution in [1.29, 1.82) is 0 Å². The van der Waals surface area contributed by atoms with Gasteiger partial charge >= 0.3 is 191 Å². The van der Waals surface area contributed by atoms with Crippen LogP contribution < -0.4 is 15.9 Å². The van der Waals surface area contributed by atoms with Gasteiger partial charge in [0.1, 0.15) is 0 Å². The zero-order valence-electron chi connectivity index (χ0n) is 24.8. The fourth-order valence-electron chi connectivity index (χ4n) is 6.04. The van der Waals surface area contributed by atoms with Crippen LogP contribution in [0, 0.1) is 0 Å². The molecule has 3 aromatic carbocycles. The Balaban J connectivity index is 0.00000380. The van der Waals surface area contributed by atoms with E-state index in [2.05, 4.69) is 97.9 Å². The Labute approximate surface area is 255 Å². The van der Waals surface area contributed by atoms with Gasteiger partial charge < -0.3 is 0 Å². The van der Waals surface area contributed by atoms with Crippen molar-refractivity contribution in [3.63, 3.8) is 0 Å². The van der Waals surface area contributed by atoms with Crippen molar-refractivity contribution in [3.05, 3.63) is 91.0 Å². The van der Waals surface area contributed by atoms with E-state index in [-0.39, 0.29) is 26.9 Å². The van der Waals surface area contributed by atoms with Crippen LogP contribution >= 0.6 is 34.1 Å². The van der Waals surface area contributed by atoms with Gasteiger partial charge in [0.15, 0.2) is 0 Å². The van der Waals surface area contributed by atoms with Crippen molar-refractivity contribution in [2.75, 3.05) is 6.16 Å². The van der Waals surface area contributed by atoms with E-state index in [9.17, 15) is 0 Å². The first-order chi connectivity index (χ1) is 18.4. The second kappa shape index (κ2) is 22.7. The summed E-state index contributed by atoms with van der Waals surface area (Å²) in [5, 5.41) is 4.65. The zero-order valence-corrected chi connectivity index (χ0v) is 28.9. The molecule has 0 aliphatic rings. The van der Waals surface area contributed by atoms with Crippen LogP contribution in [0.2, 0.25) is 0 Å². The van der Waals surface area contributed by atoms with Gasteiger partial charge in [0.05, 0.1) is 0 Å². The predicted octanol–water partition coefficient (Wildman–Crippen LogP) is 10.6. The maximum absolute atomic E-state index is 2.39. The molecular weight excluding hydrogens is 574 g/mol. The quantitative estimate of drug-likeness (QED) is 0.0860. The van der Waals surface area contributed by atoms with Crippen molar-refractivity contribution in [2.24, 2.45) is 0 Å². The third kappa shape index (κ3) is 12.6. The normalized spacial score (nSPS) is 11.4. The van der Waals surface area contributed by atoms with E-state index < -0.39 is 7.26 Å². The number of halogens is 1. The van der Waals surface area contributed by atoms with Gasteiger partial charge in [-0.15, -0.1) is 17.0 Å². The van der Waals surface area contributed by atoms with E-state index in [1.165, 1.54) is 109 Å². The Bertz CT molecular complexity index is 833. The second-order valence-corrected chi connectivity index (χ2v) is 15.1. The molecule has 3 aromatic rings. The van der Waals surface area contributed by atoms with Crippen molar-refractivity contribution in [1.82, 2.24) is 0 Å². The zero-order chi connectivity index (χ0) is 25.9. The maximum atomic E-state index is 2.39. The van der Waals surface area contributed by atoms with E-state index >= 15 is 0 Å². The van der Waals surface area contributed by atoms with Gasteiger partial charge in [-0.25, -0.2) is 0 Å². The largest absolute Gasteiger partial charge is 0.153 e. The van der Waals surface area contributed by atoms with Crippen LogP contribution in [-0.2, 0) is 0 Å². The minimum atomic E-state index is -2.03. The molecule has 3 heteroatoms. The number of rotatable bonds is 20. The van der Waals surface area contributed by atoms with Gasteiger partial charge in [0.2, 0.25) is 0 Å². The molecule has 1 atom stereocenters. The monoisotopic (exact) mass is 630 g/mol. The Hall–Kier alpha value is -1.000. The first-order valence-corrected chi connectivity index (χ1v) is 17.7. The maximum Gasteiger partial charge on any atom is -0.153 e. The predicted molar refractivity (Wildman–Crippen MR) is 192 cm³/mol. The minimum absolute atomic E-state index is 0. The topological polar surface area (TPSA) is 0 Å². The van der Waals surface area contributed by atoms with Gasteiger partial charge in [-0.05, 0) is 0 Å². The SMILES string of the molecule is Br.CCCCCCCCCCCCCCCCCC[PH](c1ccccc1)(c1ccccc1)c1ccccc1.P. The molecule has 0 heterocycles. The Morgan fingerprint density at radius 3 is 0.923 bits per heavy atom. The van der Waals surface area contributed by atoms with E-state index in [1.807, 2.05) is 0 Å². The molecule has 3 rings (SSSR count). The number of hydrogen-bond acceptors (Lipinski definition) is 0. The summed E-state index contributed by atoms with van der Waals surface area (Å²) in [7, 11) is -2.03. The molecule has 1 unspecified atom stereocenters. The summed E-state index contributed by atoms with van der Waals surface area (Å²) >= 11 is 0. The number of unbranched alkanes of at least 4 members (excludes halogenated alkanes) is 15. The summed E-state index contributed by atoms with van der Waals surface area (Å²) in [6, 6.07) is 34.2. The van der Waals surface area contributed by atoms with Crippen LogP contribution in [0.15, 0.2) is 91.0 Å². The first kappa shape index (κ1) is 36.0. The van der Waals surface area contributed by atoms with Gasteiger partial charge in [-0.2, -0.15) is 9.90 Å². The third-order valence-corrected chi connectivity index (χ3v) is 13.3. The van der Waals surface area contributed by atoms with Crippen molar-refractivity contribution in [2.45, 2.75) is 110 Å². The molecular formula is C36H57BrP2. The van der Waals surface area contributed by atoms with Gasteiger partial charge in [-0.3, -0.25) is 0 Å². The van der Waals surface area contributed by atoms with Crippen molar-refractivity contribution >= 4 is 50.1 Å². The average Bonchev–Trinajstić information content (AvgIpc) is 2.96. The van der Waals surface area contributed by atoms with Crippen molar-refractivity contribution in [3.8, 4) is 0 Å². The van der Waals surface area contributed by atoms with E-state index in [0.29, 0.717) is 0 Å². The second-order valence-electron chi connectivity index (χ2n) is 11.1. The van der Waals surface area contributed by atoms with Gasteiger partial charge in [0.25, 0.3) is 0 Å². The summed E-state index contributed by atoms with van der Waals surface area (Å²) in [4.78, 5) is 0. The van der Waals surface area contributed by atoms with Crippen LogP contribution in [0.5, 0.6) is 0 Å². The Morgan fingerprint density at radius 1 is 0.385 bits per heavy atom. The molecule has 0 saturated heterocycles. The summed E-state index contributed by atoms with van der Waals surface area (Å²) in [5.74, 6) is 0. The van der Waals surface area contributed by atoms with Crippen LogP contribution in [0.1, 0.15) is 110 Å². The number of hydrogen-bond donors (Lipinski definition) is 0. The standard InChI is InChI=1S/C36H53P.BrH.H3P/c1-2-3-4-5-6-7-8-9-10-11-12-13-14-15-16-26-33-37(34-27-20-17-21-28-34,35-29-22-18-23-30-35)36-31-24-19-25-32-36;;/h17-25,27-32,37H,2-16,26,33H2,1H3;1H;1H3. The number of benzene rings is 3. The van der Waals surface area contributed by atoms with Crippen molar-refractivity contribution < 1.29 is 0 Å². The molecule has 0 aromatic heterocycles. The molecule has 0 aliphatic heterocycles. The van der Waals surface area contributed by atoms with E-state index in [4.69, 9.17) is 0 Å². The van der Waals surface area contributed by atoms with Gasteiger partial charge in [0, 0.05) is 0 Å². The molecule has 218 valence electrons. The molecule has 0 fully saturated rings. The van der Waals surface area contributed by atoms with Crippen LogP contribution in [0.25, 0.3) is 0 Å². The van der Waals surface area contributed by atoms with Crippen LogP contribution in [-0.4, -0.2) is 6.16 Å². The van der Waals surface area contributed by atoms with Crippen LogP contribution in [0.3, 0.4) is 0 Å². The first-order valence-electron chi connectivity index (χ1n) is 15.5. The smallest absolute Gasteiger partial charge is 0.153 e. The molecule has 0 radical (unpaired) electrons. The van der Waals surface area contributed by atoms with Gasteiger partial charge in [-0.1, -0.05) is 39.0 Å². The molecule has 39 heavy (non-hydrogen) atoms. The van der Waals surface area contributed by atoms with Crippen LogP contribution in [0.4, 0.5) is 0 Å². The summed E-state index contributed by atoms with van der Waals surface area (Å²) in [5.41, 5.74) is 0.